The summed E-state index contributed by atoms with van der Waals surface area (Å²) in [6.07, 6.45) is 5.23. The summed E-state index contributed by atoms with van der Waals surface area (Å²) in [5.74, 6) is 1.67. The first-order valence-corrected chi connectivity index (χ1v) is 7.60. The fourth-order valence-corrected chi connectivity index (χ4v) is 2.92. The molecule has 0 bridgehead atoms. The predicted octanol–water partition coefficient (Wildman–Crippen LogP) is 3.22. The average molecular weight is 292 g/mol. The maximum absolute atomic E-state index is 11.6. The molecule has 1 atom stereocenters. The molecule has 1 aromatic carbocycles. The molecular weight excluding hydrogens is 268 g/mol. The molecule has 116 valence electrons. The monoisotopic (exact) mass is 292 g/mol. The molecule has 2 rings (SSSR count). The molecule has 4 nitrogen and oxygen atoms in total. The van der Waals surface area contributed by atoms with Gasteiger partial charge in [0.2, 0.25) is 0 Å². The fourth-order valence-electron chi connectivity index (χ4n) is 2.92. The summed E-state index contributed by atoms with van der Waals surface area (Å²) in [7, 11) is 1.57. The summed E-state index contributed by atoms with van der Waals surface area (Å²) in [5.41, 5.74) is 0.517. The number of benzene rings is 1. The summed E-state index contributed by atoms with van der Waals surface area (Å²) in [6, 6.07) is 5.12. The Hall–Kier alpha value is -1.55. The highest BCUT2D eigenvalue weighted by molar-refractivity contribution is 5.97. The Balaban J connectivity index is 1.95. The van der Waals surface area contributed by atoms with Crippen molar-refractivity contribution in [3.05, 3.63) is 23.8 Å². The van der Waals surface area contributed by atoms with E-state index in [4.69, 9.17) is 9.47 Å². The minimum atomic E-state index is -0.487. The van der Waals surface area contributed by atoms with E-state index in [0.29, 0.717) is 23.0 Å². The first-order chi connectivity index (χ1) is 10.1. The number of hydrogen-bond acceptors (Lipinski definition) is 4. The molecular formula is C17H24O4. The van der Waals surface area contributed by atoms with Gasteiger partial charge in [0.15, 0.2) is 5.78 Å². The zero-order chi connectivity index (χ0) is 15.2. The van der Waals surface area contributed by atoms with Crippen molar-refractivity contribution in [1.29, 1.82) is 0 Å². The van der Waals surface area contributed by atoms with Crippen LogP contribution in [-0.2, 0) is 0 Å². The molecule has 0 aliphatic heterocycles. The summed E-state index contributed by atoms with van der Waals surface area (Å²) in [6.45, 7) is 1.72. The van der Waals surface area contributed by atoms with Crippen LogP contribution in [0.4, 0.5) is 0 Å². The molecule has 1 N–H and O–H groups in total. The average Bonchev–Trinajstić information content (AvgIpc) is 2.97. The molecule has 0 amide bonds. The highest BCUT2D eigenvalue weighted by Crippen LogP contribution is 2.29. The van der Waals surface area contributed by atoms with E-state index in [0.717, 1.165) is 6.42 Å². The van der Waals surface area contributed by atoms with Gasteiger partial charge in [0.05, 0.1) is 18.8 Å². The van der Waals surface area contributed by atoms with Crippen LogP contribution >= 0.6 is 0 Å². The molecule has 21 heavy (non-hydrogen) atoms. The minimum Gasteiger partial charge on any atom is -0.497 e. The second-order valence-corrected chi connectivity index (χ2v) is 5.77. The van der Waals surface area contributed by atoms with E-state index in [-0.39, 0.29) is 12.4 Å². The van der Waals surface area contributed by atoms with Gasteiger partial charge in [-0.25, -0.2) is 0 Å². The van der Waals surface area contributed by atoms with Gasteiger partial charge in [-0.1, -0.05) is 25.7 Å². The number of ketones is 1. The van der Waals surface area contributed by atoms with Crippen LogP contribution in [0.1, 0.15) is 49.4 Å². The molecule has 0 aromatic heterocycles. The maximum atomic E-state index is 11.6. The van der Waals surface area contributed by atoms with Crippen LogP contribution in [0.15, 0.2) is 18.2 Å². The smallest absolute Gasteiger partial charge is 0.163 e. The van der Waals surface area contributed by atoms with Crippen molar-refractivity contribution in [1.82, 2.24) is 0 Å². The van der Waals surface area contributed by atoms with E-state index in [9.17, 15) is 9.90 Å². The molecule has 4 heteroatoms. The second-order valence-electron chi connectivity index (χ2n) is 5.77. The molecule has 1 saturated carbocycles. The van der Waals surface area contributed by atoms with Crippen molar-refractivity contribution in [2.45, 2.75) is 45.1 Å². The number of carbonyl (C=O) groups excluding carboxylic acids is 1. The summed E-state index contributed by atoms with van der Waals surface area (Å²) in [5, 5.41) is 10.1. The van der Waals surface area contributed by atoms with Gasteiger partial charge in [-0.05, 0) is 31.4 Å². The lowest BCUT2D eigenvalue weighted by Gasteiger charge is -2.17. The standard InChI is InChI=1S/C17H24O4/c1-12(18)16-8-7-15(20-2)10-17(16)21-11-14(19)9-13-5-3-4-6-13/h7-8,10,13-14,19H,3-6,9,11H2,1-2H3. The quantitative estimate of drug-likeness (QED) is 0.784. The third kappa shape index (κ3) is 4.46. The summed E-state index contributed by atoms with van der Waals surface area (Å²) < 4.78 is 10.8. The predicted molar refractivity (Wildman–Crippen MR) is 81.1 cm³/mol. The molecule has 0 heterocycles. The van der Waals surface area contributed by atoms with Gasteiger partial charge >= 0.3 is 0 Å². The van der Waals surface area contributed by atoms with Gasteiger partial charge in [0, 0.05) is 6.07 Å². The minimum absolute atomic E-state index is 0.0575. The van der Waals surface area contributed by atoms with Crippen LogP contribution in [-0.4, -0.2) is 30.7 Å². The lowest BCUT2D eigenvalue weighted by atomic mass is 10.0. The molecule has 1 aliphatic carbocycles. The van der Waals surface area contributed by atoms with E-state index in [2.05, 4.69) is 0 Å². The van der Waals surface area contributed by atoms with Crippen LogP contribution in [0.25, 0.3) is 0 Å². The molecule has 0 radical (unpaired) electrons. The number of aliphatic hydroxyl groups excluding tert-OH is 1. The van der Waals surface area contributed by atoms with Crippen LogP contribution in [0, 0.1) is 5.92 Å². The SMILES string of the molecule is COc1ccc(C(C)=O)c(OCC(O)CC2CCCC2)c1. The number of carbonyl (C=O) groups is 1. The number of Topliss-reactive ketones (excluding diaryl/α,β-unsaturated/α-hetero) is 1. The first kappa shape index (κ1) is 15.8. The van der Waals surface area contributed by atoms with Crippen molar-refractivity contribution < 1.29 is 19.4 Å². The van der Waals surface area contributed by atoms with Crippen molar-refractivity contribution in [2.24, 2.45) is 5.92 Å². The molecule has 1 fully saturated rings. The van der Waals surface area contributed by atoms with Crippen molar-refractivity contribution in [3.63, 3.8) is 0 Å². The highest BCUT2D eigenvalue weighted by atomic mass is 16.5. The molecule has 1 unspecified atom stereocenters. The topological polar surface area (TPSA) is 55.8 Å². The number of rotatable bonds is 7. The van der Waals surface area contributed by atoms with E-state index in [1.54, 1.807) is 25.3 Å². The number of methoxy groups -OCH3 is 1. The van der Waals surface area contributed by atoms with E-state index in [1.165, 1.54) is 32.6 Å². The number of hydrogen-bond donors (Lipinski definition) is 1. The van der Waals surface area contributed by atoms with Gasteiger partial charge in [-0.15, -0.1) is 0 Å². The fraction of sp³-hybridized carbons (Fsp3) is 0.588. The van der Waals surface area contributed by atoms with Crippen LogP contribution in [0.3, 0.4) is 0 Å². The number of aliphatic hydroxyl groups is 1. The Morgan fingerprint density at radius 1 is 1.38 bits per heavy atom. The Morgan fingerprint density at radius 3 is 2.71 bits per heavy atom. The lowest BCUT2D eigenvalue weighted by Crippen LogP contribution is -2.21. The second kappa shape index (κ2) is 7.46. The maximum Gasteiger partial charge on any atom is 0.163 e. The Bertz CT molecular complexity index is 478. The molecule has 1 aromatic rings. The van der Waals surface area contributed by atoms with Crippen LogP contribution in [0.2, 0.25) is 0 Å². The Labute approximate surface area is 126 Å². The van der Waals surface area contributed by atoms with E-state index >= 15 is 0 Å². The summed E-state index contributed by atoms with van der Waals surface area (Å²) in [4.78, 5) is 11.6. The zero-order valence-electron chi connectivity index (χ0n) is 12.8. The largest absolute Gasteiger partial charge is 0.497 e. The summed E-state index contributed by atoms with van der Waals surface area (Å²) >= 11 is 0. The molecule has 0 spiro atoms. The normalized spacial score (nSPS) is 16.7. The Morgan fingerprint density at radius 2 is 2.10 bits per heavy atom. The number of ether oxygens (including phenoxy) is 2. The zero-order valence-corrected chi connectivity index (χ0v) is 12.8. The van der Waals surface area contributed by atoms with Crippen molar-refractivity contribution in [2.75, 3.05) is 13.7 Å². The van der Waals surface area contributed by atoms with Gasteiger partial charge in [-0.2, -0.15) is 0 Å². The molecule has 1 aliphatic rings. The third-order valence-electron chi connectivity index (χ3n) is 4.08. The van der Waals surface area contributed by atoms with Crippen LogP contribution < -0.4 is 9.47 Å². The third-order valence-corrected chi connectivity index (χ3v) is 4.08. The Kier molecular flexibility index (Phi) is 5.62. The van der Waals surface area contributed by atoms with Crippen molar-refractivity contribution >= 4 is 5.78 Å². The van der Waals surface area contributed by atoms with Crippen LogP contribution in [0.5, 0.6) is 11.5 Å². The lowest BCUT2D eigenvalue weighted by molar-refractivity contribution is 0.0836. The van der Waals surface area contributed by atoms with Gasteiger partial charge in [-0.3, -0.25) is 4.79 Å². The highest BCUT2D eigenvalue weighted by Gasteiger charge is 2.20. The van der Waals surface area contributed by atoms with E-state index < -0.39 is 6.10 Å². The van der Waals surface area contributed by atoms with Gasteiger partial charge in [0.1, 0.15) is 18.1 Å². The first-order valence-electron chi connectivity index (χ1n) is 7.60. The van der Waals surface area contributed by atoms with Gasteiger partial charge in [0.25, 0.3) is 0 Å². The molecule has 0 saturated heterocycles. The van der Waals surface area contributed by atoms with Crippen molar-refractivity contribution in [3.8, 4) is 11.5 Å². The van der Waals surface area contributed by atoms with E-state index in [1.807, 2.05) is 0 Å². The van der Waals surface area contributed by atoms with Gasteiger partial charge < -0.3 is 14.6 Å².